The summed E-state index contributed by atoms with van der Waals surface area (Å²) in [4.78, 5) is 25.2. The first kappa shape index (κ1) is 35.3. The average Bonchev–Trinajstić information content (AvgIpc) is 3.57. The van der Waals surface area contributed by atoms with E-state index in [0.717, 1.165) is 44.9 Å². The van der Waals surface area contributed by atoms with E-state index in [9.17, 15) is 30.2 Å². The number of nitrogens with one attached hydrogen (secondary N) is 1. The first-order valence-corrected chi connectivity index (χ1v) is 18.7. The van der Waals surface area contributed by atoms with Crippen molar-refractivity contribution in [2.24, 2.45) is 56.7 Å². The summed E-state index contributed by atoms with van der Waals surface area (Å²) in [7, 11) is 0. The molecule has 1 aromatic heterocycles. The molecule has 11 nitrogen and oxygen atoms in total. The van der Waals surface area contributed by atoms with Crippen LogP contribution in [0.1, 0.15) is 98.6 Å². The molecule has 4 saturated carbocycles. The zero-order chi connectivity index (χ0) is 36.0. The Hall–Kier alpha value is -3.15. The van der Waals surface area contributed by atoms with Gasteiger partial charge in [-0.3, -0.25) is 14.9 Å². The highest BCUT2D eigenvalue weighted by Gasteiger charge is 2.70. The van der Waals surface area contributed by atoms with Crippen molar-refractivity contribution in [2.75, 3.05) is 6.61 Å². The third-order valence-electron chi connectivity index (χ3n) is 15.8. The first-order valence-electron chi connectivity index (χ1n) is 18.7. The molecule has 7 rings (SSSR count). The fourth-order valence-electron chi connectivity index (χ4n) is 12.6. The molecule has 11 heteroatoms. The largest absolute Gasteiger partial charge is 0.396 e. The molecule has 5 aliphatic rings. The minimum Gasteiger partial charge on any atom is -0.396 e. The molecule has 1 heterocycles. The molecule has 4 fully saturated rings. The molecule has 4 N–H and O–H groups in total. The van der Waals surface area contributed by atoms with Crippen LogP contribution in [-0.2, 0) is 11.3 Å². The Bertz CT molecular complexity index is 1690. The Labute approximate surface area is 295 Å². The zero-order valence-corrected chi connectivity index (χ0v) is 30.4. The number of nitro groups is 1. The molecule has 5 aliphatic carbocycles. The molecule has 12 atom stereocenters. The van der Waals surface area contributed by atoms with Crippen LogP contribution in [0, 0.1) is 66.8 Å². The van der Waals surface area contributed by atoms with Crippen LogP contribution < -0.4 is 5.32 Å². The number of carbonyl (C=O) groups excluding carboxylic acids is 1. The van der Waals surface area contributed by atoms with Crippen molar-refractivity contribution >= 4 is 11.6 Å². The van der Waals surface area contributed by atoms with Crippen LogP contribution in [0.2, 0.25) is 0 Å². The van der Waals surface area contributed by atoms with Crippen molar-refractivity contribution in [3.05, 3.63) is 57.9 Å². The maximum Gasteiger partial charge on any atom is 0.269 e. The Morgan fingerprint density at radius 2 is 1.76 bits per heavy atom. The standard InChI is InChI=1S/C39H55N5O6/c1-23-13-16-39(34(48)40-20-25-21-43(42-41-25)26-7-9-27(10-8-26)44(49)50)18-17-37(5)28(32(39)24(23)2)11-12-31-35(3)19-29(46)33(47)36(4,22-45)30(35)14-15-38(31,37)6/h7-11,21,23-24,29-33,45-47H,12-20,22H2,1-6H3,(H,40,48)/t23-,24+,29-,30-,31-,32+,33+,35+,36+,37-,38-,39+/m1/s1. The lowest BCUT2D eigenvalue weighted by Crippen LogP contribution is -2.68. The molecule has 0 bridgehead atoms. The third-order valence-corrected chi connectivity index (χ3v) is 15.8. The molecule has 0 aliphatic heterocycles. The Morgan fingerprint density at radius 1 is 1.04 bits per heavy atom. The topological polar surface area (TPSA) is 164 Å². The first-order chi connectivity index (χ1) is 23.6. The molecule has 1 amide bonds. The number of nitrogens with zero attached hydrogens (tertiary/aromatic N) is 4. The number of aliphatic hydroxyl groups is 3. The van der Waals surface area contributed by atoms with Gasteiger partial charge in [0.15, 0.2) is 0 Å². The van der Waals surface area contributed by atoms with E-state index in [-0.39, 0.29) is 58.7 Å². The van der Waals surface area contributed by atoms with Crippen LogP contribution in [0.3, 0.4) is 0 Å². The van der Waals surface area contributed by atoms with Gasteiger partial charge in [0.1, 0.15) is 5.69 Å². The fraction of sp³-hybridized carbons (Fsp3) is 0.718. The smallest absolute Gasteiger partial charge is 0.269 e. The van der Waals surface area contributed by atoms with Crippen LogP contribution in [0.5, 0.6) is 0 Å². The van der Waals surface area contributed by atoms with Gasteiger partial charge in [-0.15, -0.1) is 5.10 Å². The van der Waals surface area contributed by atoms with Gasteiger partial charge in [0, 0.05) is 17.5 Å². The second-order valence-corrected chi connectivity index (χ2v) is 17.8. The number of aromatic nitrogens is 3. The number of allylic oxidation sites excluding steroid dienone is 2. The van der Waals surface area contributed by atoms with Gasteiger partial charge in [-0.25, -0.2) is 4.68 Å². The summed E-state index contributed by atoms with van der Waals surface area (Å²) < 4.78 is 1.57. The van der Waals surface area contributed by atoms with Crippen molar-refractivity contribution in [3.8, 4) is 5.69 Å². The second-order valence-electron chi connectivity index (χ2n) is 17.8. The minimum absolute atomic E-state index is 0.00607. The summed E-state index contributed by atoms with van der Waals surface area (Å²) in [5, 5.41) is 55.8. The summed E-state index contributed by atoms with van der Waals surface area (Å²) in [6, 6.07) is 6.12. The predicted octanol–water partition coefficient (Wildman–Crippen LogP) is 5.75. The Morgan fingerprint density at radius 3 is 2.44 bits per heavy atom. The Balaban J connectivity index is 1.17. The van der Waals surface area contributed by atoms with Crippen LogP contribution in [0.25, 0.3) is 5.69 Å². The summed E-state index contributed by atoms with van der Waals surface area (Å²) in [6.07, 6.45) is 9.30. The van der Waals surface area contributed by atoms with Gasteiger partial charge in [0.2, 0.25) is 5.91 Å². The molecule has 50 heavy (non-hydrogen) atoms. The average molecular weight is 690 g/mol. The van der Waals surface area contributed by atoms with Gasteiger partial charge in [-0.1, -0.05) is 58.4 Å². The van der Waals surface area contributed by atoms with Gasteiger partial charge in [0.05, 0.1) is 47.6 Å². The van der Waals surface area contributed by atoms with E-state index >= 15 is 0 Å². The van der Waals surface area contributed by atoms with Gasteiger partial charge >= 0.3 is 0 Å². The number of hydrogen-bond donors (Lipinski definition) is 4. The molecule has 2 aromatic rings. The number of hydrogen-bond acceptors (Lipinski definition) is 8. The van der Waals surface area contributed by atoms with Crippen molar-refractivity contribution in [2.45, 2.75) is 112 Å². The lowest BCUT2D eigenvalue weighted by molar-refractivity contribution is -0.384. The number of rotatable bonds is 6. The van der Waals surface area contributed by atoms with Gasteiger partial charge in [-0.2, -0.15) is 0 Å². The third kappa shape index (κ3) is 4.81. The number of nitro benzene ring substituents is 1. The van der Waals surface area contributed by atoms with Crippen LogP contribution in [-0.4, -0.2) is 60.0 Å². The van der Waals surface area contributed by atoms with E-state index in [2.05, 4.69) is 56.3 Å². The lowest BCUT2D eigenvalue weighted by atomic mass is 9.33. The van der Waals surface area contributed by atoms with Gasteiger partial charge in [-0.05, 0) is 109 Å². The summed E-state index contributed by atoms with van der Waals surface area (Å²) in [5.74, 6) is 1.41. The highest BCUT2D eigenvalue weighted by atomic mass is 16.6. The van der Waals surface area contributed by atoms with E-state index in [1.54, 1.807) is 23.0 Å². The SMILES string of the molecule is C[C@H]1[C@H](C)CC[C@]2(C(=O)NCc3cn(-c4ccc([N+](=O)[O-])cc4)nn3)CC[C@]3(C)C(=CC[C@@H]4[C@@]5(C)C[C@@H](O)[C@H](O)[C@@](C)(CO)[C@@H]5CC[C@]43C)[C@H]12. The number of aliphatic hydroxyl groups excluding tert-OH is 3. The normalized spacial score (nSPS) is 43.8. The van der Waals surface area contributed by atoms with Crippen molar-refractivity contribution in [1.82, 2.24) is 20.3 Å². The molecule has 0 unspecified atom stereocenters. The molecule has 1 aromatic carbocycles. The quantitative estimate of drug-likeness (QED) is 0.169. The maximum atomic E-state index is 14.6. The summed E-state index contributed by atoms with van der Waals surface area (Å²) in [6.45, 7) is 14.0. The maximum absolute atomic E-state index is 14.6. The monoisotopic (exact) mass is 689 g/mol. The molecule has 0 spiro atoms. The van der Waals surface area contributed by atoms with Crippen molar-refractivity contribution in [3.63, 3.8) is 0 Å². The number of fused-ring (bicyclic) bond motifs is 7. The Kier molecular flexibility index (Phi) is 8.43. The van der Waals surface area contributed by atoms with E-state index < -0.39 is 28.0 Å². The van der Waals surface area contributed by atoms with Gasteiger partial charge in [0.25, 0.3) is 5.69 Å². The highest BCUT2D eigenvalue weighted by molar-refractivity contribution is 5.84. The number of benzene rings is 1. The predicted molar refractivity (Wildman–Crippen MR) is 188 cm³/mol. The lowest BCUT2D eigenvalue weighted by Gasteiger charge is -2.71. The van der Waals surface area contributed by atoms with E-state index in [1.807, 2.05) is 6.92 Å². The minimum atomic E-state index is -0.939. The summed E-state index contributed by atoms with van der Waals surface area (Å²) >= 11 is 0. The molecular formula is C39H55N5O6. The molecule has 0 saturated heterocycles. The van der Waals surface area contributed by atoms with Crippen LogP contribution >= 0.6 is 0 Å². The zero-order valence-electron chi connectivity index (χ0n) is 30.4. The number of carbonyl (C=O) groups is 1. The number of amides is 1. The van der Waals surface area contributed by atoms with Crippen molar-refractivity contribution in [1.29, 1.82) is 0 Å². The van der Waals surface area contributed by atoms with E-state index in [0.29, 0.717) is 29.6 Å². The van der Waals surface area contributed by atoms with E-state index in [1.165, 1.54) is 17.7 Å². The molecular weight excluding hydrogens is 634 g/mol. The fourth-order valence-corrected chi connectivity index (χ4v) is 12.6. The highest BCUT2D eigenvalue weighted by Crippen LogP contribution is 2.75. The summed E-state index contributed by atoms with van der Waals surface area (Å²) in [5.41, 5.74) is 1.05. The molecule has 272 valence electrons. The van der Waals surface area contributed by atoms with E-state index in [4.69, 9.17) is 0 Å². The van der Waals surface area contributed by atoms with Gasteiger partial charge < -0.3 is 20.6 Å². The number of non-ortho nitro benzene ring substituents is 1. The second kappa shape index (κ2) is 12.0. The molecule has 0 radical (unpaired) electrons. The van der Waals surface area contributed by atoms with Crippen molar-refractivity contribution < 1.29 is 25.0 Å². The van der Waals surface area contributed by atoms with Crippen LogP contribution in [0.15, 0.2) is 42.1 Å². The van der Waals surface area contributed by atoms with Crippen LogP contribution in [0.4, 0.5) is 5.69 Å².